The molecule has 0 heterocycles. The predicted molar refractivity (Wildman–Crippen MR) is 138 cm³/mol. The number of hydrogen-bond donors (Lipinski definition) is 2. The summed E-state index contributed by atoms with van der Waals surface area (Å²) < 4.78 is 30.9. The van der Waals surface area contributed by atoms with Crippen LogP contribution in [-0.4, -0.2) is 37.4 Å². The molecule has 0 aliphatic heterocycles. The van der Waals surface area contributed by atoms with Crippen LogP contribution in [0.2, 0.25) is 0 Å². The van der Waals surface area contributed by atoms with Crippen molar-refractivity contribution >= 4 is 10.1 Å². The van der Waals surface area contributed by atoms with Crippen LogP contribution in [0.15, 0.2) is 64.6 Å². The molecule has 0 spiro atoms. The first-order valence-corrected chi connectivity index (χ1v) is 14.3. The second kappa shape index (κ2) is 10.3. The quantitative estimate of drug-likeness (QED) is 0.506. The number of aliphatic hydroxyl groups is 2. The van der Waals surface area contributed by atoms with Crippen molar-refractivity contribution in [3.63, 3.8) is 0 Å². The van der Waals surface area contributed by atoms with Gasteiger partial charge in [0, 0.05) is 6.42 Å². The van der Waals surface area contributed by atoms with Crippen molar-refractivity contribution in [1.82, 2.24) is 0 Å². The maximum Gasteiger partial charge on any atom is 0.296 e. The van der Waals surface area contributed by atoms with Gasteiger partial charge in [-0.2, -0.15) is 8.42 Å². The Hall–Kier alpha value is -1.73. The van der Waals surface area contributed by atoms with Gasteiger partial charge in [-0.15, -0.1) is 0 Å². The molecule has 0 amide bonds. The van der Waals surface area contributed by atoms with E-state index in [1.54, 1.807) is 24.3 Å². The summed E-state index contributed by atoms with van der Waals surface area (Å²) in [7, 11) is -3.77. The highest BCUT2D eigenvalue weighted by Gasteiger charge is 2.50. The van der Waals surface area contributed by atoms with Crippen molar-refractivity contribution in [2.75, 3.05) is 6.61 Å². The topological polar surface area (TPSA) is 83.8 Å². The number of rotatable bonds is 6. The van der Waals surface area contributed by atoms with Gasteiger partial charge in [-0.25, -0.2) is 0 Å². The third-order valence-electron chi connectivity index (χ3n) is 8.78. The molecule has 2 N–H and O–H groups in total. The molecule has 5 nitrogen and oxygen atoms in total. The summed E-state index contributed by atoms with van der Waals surface area (Å²) >= 11 is 0. The average Bonchev–Trinajstić information content (AvgIpc) is 3.17. The molecule has 1 aromatic carbocycles. The van der Waals surface area contributed by atoms with E-state index in [0.717, 1.165) is 48.8 Å². The van der Waals surface area contributed by atoms with Crippen LogP contribution in [0.25, 0.3) is 0 Å². The van der Waals surface area contributed by atoms with E-state index >= 15 is 0 Å². The SMILES string of the molecule is C=C1/C(=C\C=C2/CCC[C@]3(C)[C@@H](C(C)COS(=O)(=O)c4ccc(C)cc4)CC[C@@H]23)C[C@@H](O)C[C@@H]1O. The van der Waals surface area contributed by atoms with Crippen LogP contribution in [-0.2, 0) is 14.3 Å². The van der Waals surface area contributed by atoms with E-state index in [-0.39, 0.29) is 22.8 Å². The van der Waals surface area contributed by atoms with E-state index < -0.39 is 22.3 Å². The normalized spacial score (nSPS) is 34.8. The van der Waals surface area contributed by atoms with Gasteiger partial charge in [-0.3, -0.25) is 4.18 Å². The molecule has 0 aromatic heterocycles. The summed E-state index contributed by atoms with van der Waals surface area (Å²) in [6.45, 7) is 10.7. The maximum absolute atomic E-state index is 12.7. The predicted octanol–water partition coefficient (Wildman–Crippen LogP) is 5.48. The summed E-state index contributed by atoms with van der Waals surface area (Å²) in [4.78, 5) is 0.210. The van der Waals surface area contributed by atoms with Crippen LogP contribution in [0, 0.1) is 30.1 Å². The lowest BCUT2D eigenvalue weighted by molar-refractivity contribution is 0.0760. The van der Waals surface area contributed by atoms with Crippen LogP contribution >= 0.6 is 0 Å². The summed E-state index contributed by atoms with van der Waals surface area (Å²) in [5, 5.41) is 20.2. The molecule has 192 valence electrons. The Kier molecular flexibility index (Phi) is 7.77. The van der Waals surface area contributed by atoms with Crippen LogP contribution in [0.5, 0.6) is 0 Å². The van der Waals surface area contributed by atoms with E-state index in [2.05, 4.69) is 32.6 Å². The lowest BCUT2D eigenvalue weighted by atomic mass is 9.61. The van der Waals surface area contributed by atoms with Crippen molar-refractivity contribution in [2.45, 2.75) is 82.8 Å². The first-order valence-electron chi connectivity index (χ1n) is 12.9. The molecular weight excluding hydrogens is 460 g/mol. The van der Waals surface area contributed by atoms with E-state index in [1.165, 1.54) is 5.57 Å². The first-order chi connectivity index (χ1) is 16.5. The Morgan fingerprint density at radius 1 is 1.20 bits per heavy atom. The molecule has 0 saturated heterocycles. The number of hydrogen-bond acceptors (Lipinski definition) is 5. The summed E-state index contributed by atoms with van der Waals surface area (Å²) in [5.74, 6) is 0.984. The Morgan fingerprint density at radius 2 is 1.91 bits per heavy atom. The fourth-order valence-corrected chi connectivity index (χ4v) is 7.76. The van der Waals surface area contributed by atoms with E-state index in [4.69, 9.17) is 4.18 Å². The van der Waals surface area contributed by atoms with Gasteiger partial charge in [0.2, 0.25) is 0 Å². The molecule has 6 atom stereocenters. The molecule has 6 heteroatoms. The van der Waals surface area contributed by atoms with Crippen LogP contribution in [0.1, 0.15) is 64.4 Å². The highest BCUT2D eigenvalue weighted by molar-refractivity contribution is 7.86. The number of benzene rings is 1. The van der Waals surface area contributed by atoms with Crippen molar-refractivity contribution in [1.29, 1.82) is 0 Å². The Bertz CT molecular complexity index is 1100. The largest absolute Gasteiger partial charge is 0.393 e. The zero-order valence-electron chi connectivity index (χ0n) is 21.2. The molecule has 3 aliphatic carbocycles. The van der Waals surface area contributed by atoms with E-state index in [9.17, 15) is 18.6 Å². The molecule has 1 aromatic rings. The summed E-state index contributed by atoms with van der Waals surface area (Å²) in [5.41, 5.74) is 4.21. The Labute approximate surface area is 210 Å². The highest BCUT2D eigenvalue weighted by atomic mass is 32.2. The lowest BCUT2D eigenvalue weighted by Gasteiger charge is -2.44. The van der Waals surface area contributed by atoms with Gasteiger partial charge in [0.25, 0.3) is 10.1 Å². The average molecular weight is 501 g/mol. The molecule has 35 heavy (non-hydrogen) atoms. The van der Waals surface area contributed by atoms with Crippen LogP contribution in [0.3, 0.4) is 0 Å². The van der Waals surface area contributed by atoms with E-state index in [0.29, 0.717) is 24.7 Å². The molecule has 0 radical (unpaired) electrons. The molecule has 3 saturated carbocycles. The minimum atomic E-state index is -3.77. The summed E-state index contributed by atoms with van der Waals surface area (Å²) in [6, 6.07) is 6.79. The van der Waals surface area contributed by atoms with Gasteiger partial charge in [0.15, 0.2) is 0 Å². The molecule has 0 bridgehead atoms. The van der Waals surface area contributed by atoms with Crippen molar-refractivity contribution < 1.29 is 22.8 Å². The molecule has 3 fully saturated rings. The number of aliphatic hydroxyl groups excluding tert-OH is 2. The zero-order valence-corrected chi connectivity index (χ0v) is 22.1. The summed E-state index contributed by atoms with van der Waals surface area (Å²) in [6.07, 6.45) is 9.42. The highest BCUT2D eigenvalue weighted by Crippen LogP contribution is 2.59. The second-order valence-electron chi connectivity index (χ2n) is 11.2. The number of allylic oxidation sites excluding steroid dienone is 3. The van der Waals surface area contributed by atoms with Gasteiger partial charge >= 0.3 is 0 Å². The molecular formula is C29H40O5S. The fraction of sp³-hybridized carbons (Fsp3) is 0.586. The van der Waals surface area contributed by atoms with Crippen molar-refractivity contribution in [3.8, 4) is 0 Å². The Balaban J connectivity index is 1.45. The lowest BCUT2D eigenvalue weighted by Crippen LogP contribution is -2.37. The standard InChI is InChI=1S/C29H40O5S/c1-19-7-11-25(12-8-19)35(32,33)34-18-20(2)26-13-14-27-22(6-5-15-29(26,27)4)9-10-23-16-24(30)17-28(31)21(23)3/h7-12,20,24,26-28,30-31H,3,5-6,13-18H2,1-2,4H3/b22-9+,23-10-/t20?,24-,26-,27+,28+,29-/m1/s1. The maximum atomic E-state index is 12.7. The minimum Gasteiger partial charge on any atom is -0.393 e. The Morgan fingerprint density at radius 3 is 2.63 bits per heavy atom. The molecule has 3 aliphatic rings. The minimum absolute atomic E-state index is 0.113. The second-order valence-corrected chi connectivity index (χ2v) is 12.8. The monoisotopic (exact) mass is 500 g/mol. The van der Waals surface area contributed by atoms with Crippen molar-refractivity contribution in [3.05, 3.63) is 65.3 Å². The van der Waals surface area contributed by atoms with Gasteiger partial charge in [0.1, 0.15) is 0 Å². The van der Waals surface area contributed by atoms with Gasteiger partial charge in [0.05, 0.1) is 23.7 Å². The molecule has 1 unspecified atom stereocenters. The number of aryl methyl sites for hydroxylation is 1. The van der Waals surface area contributed by atoms with Gasteiger partial charge in [-0.05, 0) is 91.9 Å². The van der Waals surface area contributed by atoms with Crippen molar-refractivity contribution in [2.24, 2.45) is 23.2 Å². The fourth-order valence-electron chi connectivity index (χ4n) is 6.77. The van der Waals surface area contributed by atoms with Crippen LogP contribution < -0.4 is 0 Å². The number of fused-ring (bicyclic) bond motifs is 1. The van der Waals surface area contributed by atoms with Gasteiger partial charge in [-0.1, -0.05) is 55.8 Å². The molecule has 4 rings (SSSR count). The van der Waals surface area contributed by atoms with Gasteiger partial charge < -0.3 is 10.2 Å². The third-order valence-corrected chi connectivity index (χ3v) is 10.1. The smallest absolute Gasteiger partial charge is 0.296 e. The van der Waals surface area contributed by atoms with Crippen LogP contribution in [0.4, 0.5) is 0 Å². The first kappa shape index (κ1) is 26.3. The zero-order chi connectivity index (χ0) is 25.4. The van der Waals surface area contributed by atoms with E-state index in [1.807, 2.05) is 6.92 Å². The third kappa shape index (κ3) is 5.51.